The molecule has 0 aromatic heterocycles. The second-order valence-corrected chi connectivity index (χ2v) is 8.43. The van der Waals surface area contributed by atoms with E-state index < -0.39 is 20.0 Å². The molecule has 7 nitrogen and oxygen atoms in total. The van der Waals surface area contributed by atoms with Crippen LogP contribution in [-0.4, -0.2) is 35.7 Å². The first-order valence-corrected chi connectivity index (χ1v) is 9.63. The Hall–Kier alpha value is -0.870. The van der Waals surface area contributed by atoms with Crippen molar-refractivity contribution in [1.29, 1.82) is 0 Å². The number of hydrogen-bond acceptors (Lipinski definition) is 5. The summed E-state index contributed by atoms with van der Waals surface area (Å²) in [6.07, 6.45) is 0. The van der Waals surface area contributed by atoms with E-state index in [1.54, 1.807) is 13.8 Å². The molecular weight excluding hydrogens is 338 g/mol. The van der Waals surface area contributed by atoms with Crippen LogP contribution in [0.5, 0.6) is 0 Å². The van der Waals surface area contributed by atoms with Gasteiger partial charge in [0.25, 0.3) is 0 Å². The lowest BCUT2D eigenvalue weighted by Crippen LogP contribution is -2.34. The lowest BCUT2D eigenvalue weighted by Gasteiger charge is -2.10. The van der Waals surface area contributed by atoms with E-state index in [4.69, 9.17) is 17.3 Å². The molecule has 0 saturated heterocycles. The van der Waals surface area contributed by atoms with Gasteiger partial charge in [-0.3, -0.25) is 0 Å². The maximum absolute atomic E-state index is 12.1. The van der Waals surface area contributed by atoms with Crippen LogP contribution >= 0.6 is 11.6 Å². The van der Waals surface area contributed by atoms with Crippen LogP contribution in [0.3, 0.4) is 0 Å². The van der Waals surface area contributed by atoms with E-state index in [2.05, 4.69) is 9.44 Å². The number of nitrogen functional groups attached to an aromatic ring is 1. The minimum absolute atomic E-state index is 0.101. The van der Waals surface area contributed by atoms with Gasteiger partial charge in [0, 0.05) is 23.8 Å². The molecule has 120 valence electrons. The fraction of sp³-hybridized carbons (Fsp3) is 0.455. The molecule has 0 radical (unpaired) electrons. The van der Waals surface area contributed by atoms with Gasteiger partial charge in [0.05, 0.1) is 10.6 Å². The Morgan fingerprint density at radius 3 is 2.33 bits per heavy atom. The zero-order chi connectivity index (χ0) is 16.3. The minimum Gasteiger partial charge on any atom is -0.398 e. The number of anilines is 1. The molecule has 0 bridgehead atoms. The number of benzene rings is 1. The molecule has 0 heterocycles. The fourth-order valence-corrected chi connectivity index (χ4v) is 3.98. The Morgan fingerprint density at radius 2 is 1.81 bits per heavy atom. The summed E-state index contributed by atoms with van der Waals surface area (Å²) in [5.74, 6) is -0.352. The summed E-state index contributed by atoms with van der Waals surface area (Å²) in [7, 11) is -7.35. The van der Waals surface area contributed by atoms with Gasteiger partial charge in [-0.1, -0.05) is 18.5 Å². The molecule has 0 fully saturated rings. The monoisotopic (exact) mass is 355 g/mol. The zero-order valence-electron chi connectivity index (χ0n) is 11.7. The van der Waals surface area contributed by atoms with Crippen molar-refractivity contribution in [3.8, 4) is 0 Å². The van der Waals surface area contributed by atoms with Crippen molar-refractivity contribution in [1.82, 2.24) is 9.44 Å². The average Bonchev–Trinajstić information content (AvgIpc) is 2.34. The summed E-state index contributed by atoms with van der Waals surface area (Å²) in [4.78, 5) is -0.101. The Balaban J connectivity index is 2.84. The molecule has 1 aromatic carbocycles. The van der Waals surface area contributed by atoms with Crippen molar-refractivity contribution in [2.24, 2.45) is 0 Å². The highest BCUT2D eigenvalue weighted by molar-refractivity contribution is 7.90. The largest absolute Gasteiger partial charge is 0.398 e. The molecule has 0 unspecified atom stereocenters. The Bertz CT molecular complexity index is 694. The van der Waals surface area contributed by atoms with Crippen molar-refractivity contribution >= 4 is 37.3 Å². The van der Waals surface area contributed by atoms with Gasteiger partial charge in [-0.25, -0.2) is 26.3 Å². The van der Waals surface area contributed by atoms with Crippen LogP contribution in [-0.2, 0) is 20.0 Å². The molecule has 0 atom stereocenters. The topological polar surface area (TPSA) is 118 Å². The van der Waals surface area contributed by atoms with Gasteiger partial charge in [-0.2, -0.15) is 0 Å². The molecule has 0 aliphatic carbocycles. The van der Waals surface area contributed by atoms with E-state index in [1.807, 2.05) is 0 Å². The van der Waals surface area contributed by atoms with E-state index in [0.29, 0.717) is 5.56 Å². The van der Waals surface area contributed by atoms with E-state index >= 15 is 0 Å². The maximum atomic E-state index is 12.1. The third-order valence-corrected chi connectivity index (χ3v) is 6.00. The van der Waals surface area contributed by atoms with Crippen LogP contribution in [0.2, 0.25) is 5.02 Å². The van der Waals surface area contributed by atoms with Crippen LogP contribution in [0.25, 0.3) is 0 Å². The summed E-state index contributed by atoms with van der Waals surface area (Å²) in [5.41, 5.74) is 6.51. The average molecular weight is 356 g/mol. The smallest absolute Gasteiger partial charge is 0.240 e. The van der Waals surface area contributed by atoms with Gasteiger partial charge in [-0.05, 0) is 24.6 Å². The molecule has 21 heavy (non-hydrogen) atoms. The molecule has 1 aromatic rings. The quantitative estimate of drug-likeness (QED) is 0.613. The first-order chi connectivity index (χ1) is 9.59. The van der Waals surface area contributed by atoms with Crippen molar-refractivity contribution in [2.45, 2.75) is 18.7 Å². The number of hydrogen-bond donors (Lipinski definition) is 3. The molecule has 0 aliphatic rings. The third kappa shape index (κ3) is 5.11. The lowest BCUT2D eigenvalue weighted by molar-refractivity contribution is 0.576. The molecule has 4 N–H and O–H groups in total. The van der Waals surface area contributed by atoms with Crippen molar-refractivity contribution in [2.75, 3.05) is 24.6 Å². The lowest BCUT2D eigenvalue weighted by atomic mass is 10.2. The van der Waals surface area contributed by atoms with Gasteiger partial charge >= 0.3 is 0 Å². The third-order valence-electron chi connectivity index (χ3n) is 2.70. The molecule has 0 spiro atoms. The van der Waals surface area contributed by atoms with Crippen LogP contribution in [0.4, 0.5) is 5.69 Å². The summed E-state index contributed by atoms with van der Waals surface area (Å²) in [5, 5.41) is 0.232. The van der Waals surface area contributed by atoms with Crippen LogP contribution in [0.1, 0.15) is 12.5 Å². The van der Waals surface area contributed by atoms with E-state index in [1.165, 1.54) is 12.1 Å². The highest BCUT2D eigenvalue weighted by Gasteiger charge is 2.18. The van der Waals surface area contributed by atoms with E-state index in [0.717, 1.165) is 0 Å². The number of sulfonamides is 2. The first-order valence-electron chi connectivity index (χ1n) is 6.11. The summed E-state index contributed by atoms with van der Waals surface area (Å²) >= 11 is 5.89. The number of halogens is 1. The SMILES string of the molecule is CCNS(=O)(=O)CCNS(=O)(=O)c1cc(N)c(C)c(Cl)c1. The van der Waals surface area contributed by atoms with Crippen molar-refractivity contribution in [3.63, 3.8) is 0 Å². The second kappa shape index (κ2) is 6.93. The highest BCUT2D eigenvalue weighted by atomic mass is 35.5. The molecular formula is C11H18ClN3O4S2. The Labute approximate surface area is 130 Å². The highest BCUT2D eigenvalue weighted by Crippen LogP contribution is 2.25. The number of rotatable bonds is 7. The number of nitrogens with one attached hydrogen (secondary N) is 2. The molecule has 0 aliphatic heterocycles. The Morgan fingerprint density at radius 1 is 1.19 bits per heavy atom. The van der Waals surface area contributed by atoms with E-state index in [-0.39, 0.29) is 34.4 Å². The van der Waals surface area contributed by atoms with Gasteiger partial charge in [0.15, 0.2) is 0 Å². The summed E-state index contributed by atoms with van der Waals surface area (Å²) in [6.45, 7) is 3.31. The van der Waals surface area contributed by atoms with Gasteiger partial charge < -0.3 is 5.73 Å². The van der Waals surface area contributed by atoms with Crippen LogP contribution < -0.4 is 15.2 Å². The predicted molar refractivity (Wildman–Crippen MR) is 83.3 cm³/mol. The zero-order valence-corrected chi connectivity index (χ0v) is 14.1. The van der Waals surface area contributed by atoms with Crippen molar-refractivity contribution < 1.29 is 16.8 Å². The maximum Gasteiger partial charge on any atom is 0.240 e. The normalized spacial score (nSPS) is 12.5. The molecule has 0 amide bonds. The summed E-state index contributed by atoms with van der Waals surface area (Å²) < 4.78 is 51.4. The molecule has 0 saturated carbocycles. The predicted octanol–water partition coefficient (Wildman–Crippen LogP) is 0.448. The van der Waals surface area contributed by atoms with Gasteiger partial charge in [0.2, 0.25) is 20.0 Å². The fourth-order valence-electron chi connectivity index (χ4n) is 1.52. The molecule has 1 rings (SSSR count). The van der Waals surface area contributed by atoms with Gasteiger partial charge in [-0.15, -0.1) is 0 Å². The summed E-state index contributed by atoms with van der Waals surface area (Å²) in [6, 6.07) is 2.55. The van der Waals surface area contributed by atoms with Crippen LogP contribution in [0.15, 0.2) is 17.0 Å². The second-order valence-electron chi connectivity index (χ2n) is 4.33. The first kappa shape index (κ1) is 18.2. The van der Waals surface area contributed by atoms with E-state index in [9.17, 15) is 16.8 Å². The van der Waals surface area contributed by atoms with Crippen molar-refractivity contribution in [3.05, 3.63) is 22.7 Å². The van der Waals surface area contributed by atoms with Gasteiger partial charge in [0.1, 0.15) is 0 Å². The standard InChI is InChI=1S/C11H18ClN3O4S2/c1-3-14-20(16,17)5-4-15-21(18,19)9-6-10(12)8(2)11(13)7-9/h6-7,14-15H,3-5,13H2,1-2H3. The minimum atomic E-state index is -3.87. The Kier molecular flexibility index (Phi) is 6.00. The molecule has 10 heteroatoms. The van der Waals surface area contributed by atoms with Crippen LogP contribution in [0, 0.1) is 6.92 Å². The number of nitrogens with two attached hydrogens (primary N) is 1.